The highest BCUT2D eigenvalue weighted by Gasteiger charge is 2.23. The van der Waals surface area contributed by atoms with E-state index in [4.69, 9.17) is 4.74 Å². The van der Waals surface area contributed by atoms with Gasteiger partial charge in [-0.05, 0) is 45.2 Å². The average molecular weight is 347 g/mol. The summed E-state index contributed by atoms with van der Waals surface area (Å²) in [7, 11) is 1.75. The van der Waals surface area contributed by atoms with E-state index in [1.165, 1.54) is 6.92 Å². The lowest BCUT2D eigenvalue weighted by atomic mass is 10.1. The first-order chi connectivity index (χ1) is 11.9. The molecule has 136 valence electrons. The van der Waals surface area contributed by atoms with Crippen LogP contribution < -0.4 is 5.32 Å². The summed E-state index contributed by atoms with van der Waals surface area (Å²) in [6.07, 6.45) is 0. The van der Waals surface area contributed by atoms with Crippen LogP contribution in [0.4, 0.5) is 5.69 Å². The molecule has 25 heavy (non-hydrogen) atoms. The molecule has 1 atom stereocenters. The Balaban J connectivity index is 1.87. The van der Waals surface area contributed by atoms with E-state index in [0.717, 1.165) is 0 Å². The molecular weight excluding hydrogens is 322 g/mol. The summed E-state index contributed by atoms with van der Waals surface area (Å²) in [6, 6.07) is 6.28. The largest absolute Gasteiger partial charge is 0.378 e. The van der Waals surface area contributed by atoms with Crippen LogP contribution in [0.15, 0.2) is 24.3 Å². The molecule has 1 aliphatic heterocycles. The number of nitrogens with one attached hydrogen (secondary N) is 1. The second kappa shape index (κ2) is 8.73. The van der Waals surface area contributed by atoms with Gasteiger partial charge in [-0.1, -0.05) is 0 Å². The molecular formula is C18H25N3O4. The third-order valence-electron chi connectivity index (χ3n) is 4.35. The van der Waals surface area contributed by atoms with Crippen LogP contribution in [0.1, 0.15) is 24.2 Å². The van der Waals surface area contributed by atoms with Gasteiger partial charge in [0, 0.05) is 24.3 Å². The van der Waals surface area contributed by atoms with E-state index >= 15 is 0 Å². The first-order valence-corrected chi connectivity index (χ1v) is 8.36. The SMILES string of the molecule is CC(=O)c1ccc(NC(=O)[C@@H](C)N(C)CC(=O)N2CCOCC2)cc1. The van der Waals surface area contributed by atoms with Crippen molar-refractivity contribution in [2.24, 2.45) is 0 Å². The van der Waals surface area contributed by atoms with Crippen molar-refractivity contribution in [2.75, 3.05) is 45.2 Å². The lowest BCUT2D eigenvalue weighted by Crippen LogP contribution is -2.48. The first kappa shape index (κ1) is 19.1. The third-order valence-corrected chi connectivity index (χ3v) is 4.35. The van der Waals surface area contributed by atoms with Crippen LogP contribution in [-0.4, -0.2) is 73.3 Å². The molecule has 1 heterocycles. The number of carbonyl (C=O) groups is 3. The van der Waals surface area contributed by atoms with E-state index in [9.17, 15) is 14.4 Å². The number of amides is 2. The monoisotopic (exact) mass is 347 g/mol. The number of morpholine rings is 1. The fourth-order valence-corrected chi connectivity index (χ4v) is 2.50. The maximum atomic E-state index is 12.4. The highest BCUT2D eigenvalue weighted by atomic mass is 16.5. The van der Waals surface area contributed by atoms with E-state index in [1.807, 2.05) is 0 Å². The van der Waals surface area contributed by atoms with Crippen molar-refractivity contribution in [3.05, 3.63) is 29.8 Å². The van der Waals surface area contributed by atoms with Crippen molar-refractivity contribution in [3.8, 4) is 0 Å². The zero-order valence-electron chi connectivity index (χ0n) is 14.9. The topological polar surface area (TPSA) is 79.0 Å². The van der Waals surface area contributed by atoms with Crippen LogP contribution in [0.3, 0.4) is 0 Å². The van der Waals surface area contributed by atoms with E-state index < -0.39 is 6.04 Å². The number of Topliss-reactive ketones (excluding diaryl/α,β-unsaturated/α-hetero) is 1. The van der Waals surface area contributed by atoms with Gasteiger partial charge in [0.05, 0.1) is 25.8 Å². The number of hydrogen-bond donors (Lipinski definition) is 1. The van der Waals surface area contributed by atoms with Crippen LogP contribution in [0.2, 0.25) is 0 Å². The quantitative estimate of drug-likeness (QED) is 0.777. The summed E-state index contributed by atoms with van der Waals surface area (Å²) >= 11 is 0. The summed E-state index contributed by atoms with van der Waals surface area (Å²) in [5.74, 6) is -0.225. The summed E-state index contributed by atoms with van der Waals surface area (Å²) in [5.41, 5.74) is 1.22. The number of anilines is 1. The molecule has 1 N–H and O–H groups in total. The van der Waals surface area contributed by atoms with Gasteiger partial charge in [-0.15, -0.1) is 0 Å². The fourth-order valence-electron chi connectivity index (χ4n) is 2.50. The fraction of sp³-hybridized carbons (Fsp3) is 0.500. The molecule has 0 aliphatic carbocycles. The molecule has 1 aromatic rings. The molecule has 0 radical (unpaired) electrons. The van der Waals surface area contributed by atoms with Crippen molar-refractivity contribution in [2.45, 2.75) is 19.9 Å². The van der Waals surface area contributed by atoms with Gasteiger partial charge in [0.1, 0.15) is 0 Å². The van der Waals surface area contributed by atoms with Gasteiger partial charge >= 0.3 is 0 Å². The Morgan fingerprint density at radius 3 is 2.36 bits per heavy atom. The molecule has 0 saturated carbocycles. The van der Waals surface area contributed by atoms with Gasteiger partial charge in [-0.3, -0.25) is 19.3 Å². The van der Waals surface area contributed by atoms with E-state index in [-0.39, 0.29) is 24.1 Å². The van der Waals surface area contributed by atoms with Gasteiger partial charge in [-0.2, -0.15) is 0 Å². The first-order valence-electron chi connectivity index (χ1n) is 8.36. The molecule has 0 bridgehead atoms. The molecule has 2 rings (SSSR count). The third kappa shape index (κ3) is 5.37. The average Bonchev–Trinajstić information content (AvgIpc) is 2.62. The summed E-state index contributed by atoms with van der Waals surface area (Å²) in [5, 5.41) is 2.80. The maximum Gasteiger partial charge on any atom is 0.241 e. The Hall–Kier alpha value is -2.25. The minimum atomic E-state index is -0.461. The molecule has 7 heteroatoms. The van der Waals surface area contributed by atoms with Gasteiger partial charge in [0.2, 0.25) is 11.8 Å². The van der Waals surface area contributed by atoms with Crippen molar-refractivity contribution in [3.63, 3.8) is 0 Å². The number of carbonyl (C=O) groups excluding carboxylic acids is 3. The van der Waals surface area contributed by atoms with E-state index in [2.05, 4.69) is 5.32 Å². The minimum Gasteiger partial charge on any atom is -0.378 e. The Bertz CT molecular complexity index is 624. The van der Waals surface area contributed by atoms with E-state index in [1.54, 1.807) is 48.0 Å². The number of ether oxygens (including phenoxy) is 1. The smallest absolute Gasteiger partial charge is 0.241 e. The second-order valence-corrected chi connectivity index (χ2v) is 6.21. The lowest BCUT2D eigenvalue weighted by molar-refractivity contribution is -0.137. The molecule has 1 saturated heterocycles. The van der Waals surface area contributed by atoms with E-state index in [0.29, 0.717) is 37.6 Å². The predicted octanol–water partition coefficient (Wildman–Crippen LogP) is 1.01. The molecule has 0 aromatic heterocycles. The summed E-state index contributed by atoms with van der Waals surface area (Å²) < 4.78 is 5.24. The summed E-state index contributed by atoms with van der Waals surface area (Å²) in [6.45, 7) is 5.73. The van der Waals surface area contributed by atoms with Gasteiger partial charge in [0.15, 0.2) is 5.78 Å². The van der Waals surface area contributed by atoms with Crippen molar-refractivity contribution < 1.29 is 19.1 Å². The Labute approximate surface area is 147 Å². The molecule has 1 aromatic carbocycles. The number of likely N-dealkylation sites (N-methyl/N-ethyl adjacent to an activating group) is 1. The van der Waals surface area contributed by atoms with Gasteiger partial charge in [-0.25, -0.2) is 0 Å². The van der Waals surface area contributed by atoms with Crippen LogP contribution in [0, 0.1) is 0 Å². The van der Waals surface area contributed by atoms with Crippen LogP contribution >= 0.6 is 0 Å². The predicted molar refractivity (Wildman–Crippen MR) is 94.6 cm³/mol. The summed E-state index contributed by atoms with van der Waals surface area (Å²) in [4.78, 5) is 39.4. The van der Waals surface area contributed by atoms with Gasteiger partial charge < -0.3 is 15.0 Å². The normalized spacial score (nSPS) is 15.8. The van der Waals surface area contributed by atoms with Crippen molar-refractivity contribution in [1.82, 2.24) is 9.80 Å². The second-order valence-electron chi connectivity index (χ2n) is 6.21. The zero-order valence-corrected chi connectivity index (χ0v) is 14.9. The van der Waals surface area contributed by atoms with Crippen LogP contribution in [0.25, 0.3) is 0 Å². The highest BCUT2D eigenvalue weighted by Crippen LogP contribution is 2.11. The Morgan fingerprint density at radius 1 is 1.20 bits per heavy atom. The number of ketones is 1. The van der Waals surface area contributed by atoms with Crippen LogP contribution in [0.5, 0.6) is 0 Å². The van der Waals surface area contributed by atoms with Crippen molar-refractivity contribution >= 4 is 23.3 Å². The number of rotatable bonds is 6. The standard InChI is InChI=1S/C18H25N3O4/c1-13(20(3)12-17(23)21-8-10-25-11-9-21)18(24)19-16-6-4-15(5-7-16)14(2)22/h4-7,13H,8-12H2,1-3H3,(H,19,24)/t13-/m1/s1. The number of benzene rings is 1. The van der Waals surface area contributed by atoms with Crippen molar-refractivity contribution in [1.29, 1.82) is 0 Å². The Morgan fingerprint density at radius 2 is 1.80 bits per heavy atom. The molecule has 1 fully saturated rings. The molecule has 1 aliphatic rings. The zero-order chi connectivity index (χ0) is 18.4. The number of nitrogens with zero attached hydrogens (tertiary/aromatic N) is 2. The molecule has 0 unspecified atom stereocenters. The molecule has 7 nitrogen and oxygen atoms in total. The minimum absolute atomic E-state index is 0.00346. The molecule has 0 spiro atoms. The maximum absolute atomic E-state index is 12.4. The molecule has 2 amide bonds. The van der Waals surface area contributed by atoms with Gasteiger partial charge in [0.25, 0.3) is 0 Å². The Kier molecular flexibility index (Phi) is 6.66. The highest BCUT2D eigenvalue weighted by molar-refractivity contribution is 5.97. The van der Waals surface area contributed by atoms with Crippen LogP contribution in [-0.2, 0) is 14.3 Å². The number of hydrogen-bond acceptors (Lipinski definition) is 5. The lowest BCUT2D eigenvalue weighted by Gasteiger charge is -2.30.